The zero-order chi connectivity index (χ0) is 23.9. The van der Waals surface area contributed by atoms with Gasteiger partial charge in [0.2, 0.25) is 10.0 Å². The lowest BCUT2D eigenvalue weighted by Gasteiger charge is -2.39. The highest BCUT2D eigenvalue weighted by molar-refractivity contribution is 7.89. The third-order valence-corrected chi connectivity index (χ3v) is 9.33. The van der Waals surface area contributed by atoms with Gasteiger partial charge in [-0.15, -0.1) is 0 Å². The minimum Gasteiger partial charge on any atom is -0.342 e. The second-order valence-corrected chi connectivity index (χ2v) is 11.6. The molecule has 0 saturated carbocycles. The van der Waals surface area contributed by atoms with Gasteiger partial charge < -0.3 is 9.88 Å². The molecule has 2 aromatic carbocycles. The third kappa shape index (κ3) is 4.25. The summed E-state index contributed by atoms with van der Waals surface area (Å²) in [6, 6.07) is 14.8. The Morgan fingerprint density at radius 1 is 0.941 bits per heavy atom. The van der Waals surface area contributed by atoms with E-state index in [1.807, 2.05) is 29.2 Å². The van der Waals surface area contributed by atoms with Crippen LogP contribution in [0.5, 0.6) is 0 Å². The van der Waals surface area contributed by atoms with Gasteiger partial charge in [0.1, 0.15) is 5.82 Å². The van der Waals surface area contributed by atoms with Crippen molar-refractivity contribution in [3.05, 3.63) is 59.9 Å². The Hall–Kier alpha value is -2.71. The molecular weight excluding hydrogens is 448 g/mol. The predicted molar refractivity (Wildman–Crippen MR) is 132 cm³/mol. The first-order valence-corrected chi connectivity index (χ1v) is 13.7. The average molecular weight is 481 g/mol. The number of aromatic nitrogens is 2. The second kappa shape index (κ2) is 9.15. The molecule has 1 amide bonds. The molecule has 2 saturated heterocycles. The molecule has 0 radical (unpaired) electrons. The van der Waals surface area contributed by atoms with Gasteiger partial charge in [-0.05, 0) is 82.3 Å². The van der Waals surface area contributed by atoms with Crippen molar-refractivity contribution in [2.75, 3.05) is 13.1 Å². The van der Waals surface area contributed by atoms with Crippen LogP contribution in [0.15, 0.2) is 53.4 Å². The van der Waals surface area contributed by atoms with Crippen molar-refractivity contribution in [1.82, 2.24) is 19.2 Å². The van der Waals surface area contributed by atoms with Gasteiger partial charge in [0.25, 0.3) is 5.91 Å². The maximum Gasteiger partial charge on any atom is 0.254 e. The van der Waals surface area contributed by atoms with Gasteiger partial charge in [0.15, 0.2) is 0 Å². The number of carbonyl (C=O) groups excluding carboxylic acids is 1. The lowest BCUT2D eigenvalue weighted by atomic mass is 9.96. The lowest BCUT2D eigenvalue weighted by molar-refractivity contribution is 0.0510. The minimum absolute atomic E-state index is 0.0182. The summed E-state index contributed by atoms with van der Waals surface area (Å²) in [4.78, 5) is 23.3. The maximum absolute atomic E-state index is 13.3. The number of hydrogen-bond donors (Lipinski definition) is 1. The molecule has 0 unspecified atom stereocenters. The van der Waals surface area contributed by atoms with Gasteiger partial charge in [-0.3, -0.25) is 4.79 Å². The van der Waals surface area contributed by atoms with E-state index in [4.69, 9.17) is 4.98 Å². The van der Waals surface area contributed by atoms with Crippen molar-refractivity contribution >= 4 is 27.0 Å². The van der Waals surface area contributed by atoms with Crippen LogP contribution in [0.1, 0.15) is 68.1 Å². The van der Waals surface area contributed by atoms with Gasteiger partial charge in [-0.1, -0.05) is 12.1 Å². The Morgan fingerprint density at radius 2 is 1.59 bits per heavy atom. The van der Waals surface area contributed by atoms with Crippen LogP contribution in [0.3, 0.4) is 0 Å². The van der Waals surface area contributed by atoms with Crippen LogP contribution >= 0.6 is 0 Å². The van der Waals surface area contributed by atoms with Crippen molar-refractivity contribution in [2.24, 2.45) is 0 Å². The maximum atomic E-state index is 13.3. The number of carbonyl (C=O) groups is 1. The molecule has 1 aromatic heterocycles. The minimum atomic E-state index is -3.60. The number of piperidine rings is 2. The Kier molecular flexibility index (Phi) is 6.20. The highest BCUT2D eigenvalue weighted by Gasteiger charge is 2.32. The van der Waals surface area contributed by atoms with Crippen molar-refractivity contribution in [1.29, 1.82) is 0 Å². The zero-order valence-corrected chi connectivity index (χ0v) is 20.6. The molecule has 7 nitrogen and oxygen atoms in total. The zero-order valence-electron chi connectivity index (χ0n) is 19.8. The molecule has 2 aliphatic rings. The molecule has 3 heterocycles. The number of sulfonamides is 1. The number of amides is 1. The topological polar surface area (TPSA) is 86.4 Å². The Morgan fingerprint density at radius 3 is 2.24 bits per heavy atom. The normalized spacial score (nSPS) is 22.8. The number of nitrogens with zero attached hydrogens (tertiary/aromatic N) is 3. The monoisotopic (exact) mass is 480 g/mol. The van der Waals surface area contributed by atoms with E-state index in [2.05, 4.69) is 18.8 Å². The predicted octanol–water partition coefficient (Wildman–Crippen LogP) is 4.53. The first kappa shape index (κ1) is 23.1. The molecule has 5 rings (SSSR count). The van der Waals surface area contributed by atoms with Gasteiger partial charge in [-0.25, -0.2) is 13.4 Å². The van der Waals surface area contributed by atoms with E-state index in [0.29, 0.717) is 18.7 Å². The molecular formula is C26H32N4O3S. The first-order valence-electron chi connectivity index (χ1n) is 12.2. The average Bonchev–Trinajstić information content (AvgIpc) is 3.28. The number of fused-ring (bicyclic) bond motifs is 1. The summed E-state index contributed by atoms with van der Waals surface area (Å²) in [5.41, 5.74) is 2.49. The van der Waals surface area contributed by atoms with Crippen LogP contribution in [-0.2, 0) is 10.0 Å². The summed E-state index contributed by atoms with van der Waals surface area (Å²) in [6.45, 7) is 5.07. The molecule has 2 atom stereocenters. The van der Waals surface area contributed by atoms with Crippen LogP contribution in [0.2, 0.25) is 0 Å². The number of rotatable bonds is 4. The summed E-state index contributed by atoms with van der Waals surface area (Å²) in [6.07, 6.45) is 4.59. The van der Waals surface area contributed by atoms with E-state index in [1.165, 1.54) is 0 Å². The third-order valence-electron chi connectivity index (χ3n) is 7.42. The number of H-pyrrole nitrogens is 1. The standard InChI is InChI=1S/C26H32N4O3S/c1-18-6-5-7-19(2)30(18)26(31)21-10-12-22(13-11-21)34(32,33)29-16-14-20(15-17-29)25-27-23-8-3-4-9-24(23)28-25/h3-4,8-13,18-20H,5-7,14-17H2,1-2H3,(H,27,28)/t18-,19+. The number of benzene rings is 2. The first-order chi connectivity index (χ1) is 16.3. The smallest absolute Gasteiger partial charge is 0.254 e. The van der Waals surface area contributed by atoms with Crippen molar-refractivity contribution in [3.63, 3.8) is 0 Å². The molecule has 3 aromatic rings. The van der Waals surface area contributed by atoms with E-state index < -0.39 is 10.0 Å². The Balaban J connectivity index is 1.26. The van der Waals surface area contributed by atoms with Crippen molar-refractivity contribution in [3.8, 4) is 0 Å². The largest absolute Gasteiger partial charge is 0.342 e. The molecule has 0 bridgehead atoms. The summed E-state index contributed by atoms with van der Waals surface area (Å²) >= 11 is 0. The van der Waals surface area contributed by atoms with Crippen LogP contribution in [-0.4, -0.2) is 58.7 Å². The van der Waals surface area contributed by atoms with E-state index in [-0.39, 0.29) is 28.8 Å². The van der Waals surface area contributed by atoms with E-state index >= 15 is 0 Å². The fourth-order valence-corrected chi connectivity index (χ4v) is 6.89. The summed E-state index contributed by atoms with van der Waals surface area (Å²) < 4.78 is 28.1. The van der Waals surface area contributed by atoms with E-state index in [9.17, 15) is 13.2 Å². The van der Waals surface area contributed by atoms with E-state index in [1.54, 1.807) is 28.6 Å². The fourth-order valence-electron chi connectivity index (χ4n) is 5.42. The number of para-hydroxylation sites is 2. The van der Waals surface area contributed by atoms with Crippen LogP contribution in [0.25, 0.3) is 11.0 Å². The molecule has 1 N–H and O–H groups in total. The van der Waals surface area contributed by atoms with Crippen LogP contribution < -0.4 is 0 Å². The summed E-state index contributed by atoms with van der Waals surface area (Å²) in [5, 5.41) is 0. The van der Waals surface area contributed by atoms with Gasteiger partial charge in [0, 0.05) is 36.7 Å². The highest BCUT2D eigenvalue weighted by atomic mass is 32.2. The second-order valence-electron chi connectivity index (χ2n) is 9.68. The van der Waals surface area contributed by atoms with Gasteiger partial charge in [-0.2, -0.15) is 4.31 Å². The van der Waals surface area contributed by atoms with Crippen LogP contribution in [0.4, 0.5) is 0 Å². The van der Waals surface area contributed by atoms with E-state index in [0.717, 1.165) is 49.0 Å². The number of hydrogen-bond acceptors (Lipinski definition) is 4. The summed E-state index contributed by atoms with van der Waals surface area (Å²) in [5.74, 6) is 1.13. The fraction of sp³-hybridized carbons (Fsp3) is 0.462. The molecule has 2 aliphatic heterocycles. The lowest BCUT2D eigenvalue weighted by Crippen LogP contribution is -2.47. The van der Waals surface area contributed by atoms with Crippen LogP contribution in [0, 0.1) is 0 Å². The number of likely N-dealkylation sites (tertiary alicyclic amines) is 1. The molecule has 34 heavy (non-hydrogen) atoms. The summed E-state index contributed by atoms with van der Waals surface area (Å²) in [7, 11) is -3.60. The van der Waals surface area contributed by atoms with Crippen molar-refractivity contribution in [2.45, 2.75) is 68.8 Å². The molecule has 0 aliphatic carbocycles. The van der Waals surface area contributed by atoms with Gasteiger partial charge in [0.05, 0.1) is 15.9 Å². The van der Waals surface area contributed by atoms with Gasteiger partial charge >= 0.3 is 0 Å². The number of aromatic amines is 1. The Bertz CT molecular complexity index is 1230. The van der Waals surface area contributed by atoms with Crippen molar-refractivity contribution < 1.29 is 13.2 Å². The molecule has 180 valence electrons. The molecule has 2 fully saturated rings. The highest BCUT2D eigenvalue weighted by Crippen LogP contribution is 2.31. The Labute approximate surface area is 201 Å². The molecule has 0 spiro atoms. The number of nitrogens with one attached hydrogen (secondary N) is 1. The quantitative estimate of drug-likeness (QED) is 0.594. The number of imidazole rings is 1. The molecule has 8 heteroatoms. The SMILES string of the molecule is C[C@@H]1CCC[C@H](C)N1C(=O)c1ccc(S(=O)(=O)N2CCC(c3nc4ccccc4[nH]3)CC2)cc1.